The van der Waals surface area contributed by atoms with E-state index in [4.69, 9.17) is 4.52 Å². The maximum atomic E-state index is 12.3. The molecule has 8 heteroatoms. The van der Waals surface area contributed by atoms with Gasteiger partial charge in [-0.05, 0) is 18.8 Å². The van der Waals surface area contributed by atoms with Gasteiger partial charge in [-0.15, -0.1) is 5.53 Å². The van der Waals surface area contributed by atoms with Crippen molar-refractivity contribution in [3.8, 4) is 11.3 Å². The minimum atomic E-state index is -0.236. The van der Waals surface area contributed by atoms with E-state index in [0.29, 0.717) is 11.6 Å². The van der Waals surface area contributed by atoms with Crippen molar-refractivity contribution in [3.63, 3.8) is 0 Å². The highest BCUT2D eigenvalue weighted by Crippen LogP contribution is 2.29. The van der Waals surface area contributed by atoms with Gasteiger partial charge in [0.25, 0.3) is 5.91 Å². The number of benzene rings is 1. The van der Waals surface area contributed by atoms with E-state index >= 15 is 0 Å². The Morgan fingerprint density at radius 2 is 2.15 bits per heavy atom. The van der Waals surface area contributed by atoms with Crippen LogP contribution < -0.4 is 16.3 Å². The van der Waals surface area contributed by atoms with E-state index in [-0.39, 0.29) is 24.3 Å². The average Bonchev–Trinajstić information content (AvgIpc) is 3.30. The quantitative estimate of drug-likeness (QED) is 0.613. The van der Waals surface area contributed by atoms with Gasteiger partial charge in [0, 0.05) is 30.4 Å². The zero-order chi connectivity index (χ0) is 17.9. The van der Waals surface area contributed by atoms with Gasteiger partial charge in [0.05, 0.1) is 12.3 Å². The number of carbonyl (C=O) groups is 1. The van der Waals surface area contributed by atoms with Crippen LogP contribution in [0.2, 0.25) is 0 Å². The number of aliphatic hydroxyl groups is 1. The Bertz CT molecular complexity index is 798. The maximum Gasteiger partial charge on any atom is 0.290 e. The van der Waals surface area contributed by atoms with Crippen molar-refractivity contribution in [2.75, 3.05) is 13.2 Å². The highest BCUT2D eigenvalue weighted by molar-refractivity contribution is 5.92. The molecule has 1 aromatic heterocycles. The smallest absolute Gasteiger partial charge is 0.290 e. The molecule has 26 heavy (non-hydrogen) atoms. The Morgan fingerprint density at radius 3 is 2.92 bits per heavy atom. The Balaban J connectivity index is 1.26. The molecule has 0 atom stereocenters. The zero-order valence-corrected chi connectivity index (χ0v) is 14.2. The first kappa shape index (κ1) is 16.6. The summed E-state index contributed by atoms with van der Waals surface area (Å²) in [5.74, 6) is 0.445. The van der Waals surface area contributed by atoms with Crippen molar-refractivity contribution in [3.05, 3.63) is 54.1 Å². The summed E-state index contributed by atoms with van der Waals surface area (Å²) in [7, 11) is 0. The second-order valence-corrected chi connectivity index (χ2v) is 6.61. The largest absolute Gasteiger partial charge is 0.390 e. The van der Waals surface area contributed by atoms with Crippen LogP contribution >= 0.6 is 0 Å². The van der Waals surface area contributed by atoms with Gasteiger partial charge in [-0.3, -0.25) is 9.80 Å². The fraction of sp³-hybridized carbons (Fsp3) is 0.333. The van der Waals surface area contributed by atoms with Crippen LogP contribution in [0.5, 0.6) is 0 Å². The predicted molar refractivity (Wildman–Crippen MR) is 94.1 cm³/mol. The van der Waals surface area contributed by atoms with E-state index in [0.717, 1.165) is 30.6 Å². The first-order chi connectivity index (χ1) is 12.7. The number of nitrogens with zero attached hydrogens (tertiary/aromatic N) is 2. The maximum absolute atomic E-state index is 12.3. The third-order valence-corrected chi connectivity index (χ3v) is 4.76. The molecule has 2 aromatic rings. The summed E-state index contributed by atoms with van der Waals surface area (Å²) in [5.41, 5.74) is 8.23. The monoisotopic (exact) mass is 355 g/mol. The van der Waals surface area contributed by atoms with Crippen LogP contribution in [0.1, 0.15) is 23.4 Å². The Kier molecular flexibility index (Phi) is 4.59. The third-order valence-electron chi connectivity index (χ3n) is 4.76. The van der Waals surface area contributed by atoms with E-state index in [1.54, 1.807) is 12.3 Å². The molecule has 1 amide bonds. The van der Waals surface area contributed by atoms with Crippen LogP contribution in [0.3, 0.4) is 0 Å². The lowest BCUT2D eigenvalue weighted by molar-refractivity contribution is 0.0808. The fourth-order valence-electron chi connectivity index (χ4n) is 3.28. The van der Waals surface area contributed by atoms with E-state index < -0.39 is 0 Å². The van der Waals surface area contributed by atoms with Gasteiger partial charge in [0.1, 0.15) is 5.69 Å². The molecule has 2 heterocycles. The topological polar surface area (TPSA) is 103 Å². The molecule has 1 aromatic carbocycles. The molecule has 0 bridgehead atoms. The summed E-state index contributed by atoms with van der Waals surface area (Å²) < 4.78 is 5.19. The number of hydrogen-bond donors (Lipinski definition) is 4. The second-order valence-electron chi connectivity index (χ2n) is 6.61. The normalized spacial score (nSPS) is 21.7. The van der Waals surface area contributed by atoms with Gasteiger partial charge in [-0.1, -0.05) is 35.5 Å². The van der Waals surface area contributed by atoms with Crippen LogP contribution in [0.4, 0.5) is 0 Å². The highest BCUT2D eigenvalue weighted by atomic mass is 16.5. The fourth-order valence-corrected chi connectivity index (χ4v) is 3.28. The van der Waals surface area contributed by atoms with Gasteiger partial charge in [-0.2, -0.15) is 0 Å². The lowest BCUT2D eigenvalue weighted by atomic mass is 9.80. The lowest BCUT2D eigenvalue weighted by Gasteiger charge is -2.38. The minimum absolute atomic E-state index is 0.0118. The molecule has 1 aliphatic carbocycles. The molecule has 2 aliphatic rings. The number of amides is 1. The number of aliphatic hydroxyl groups excluding tert-OH is 1. The van der Waals surface area contributed by atoms with E-state index in [2.05, 4.69) is 21.4 Å². The molecule has 1 saturated carbocycles. The number of hydrazine groups is 2. The molecule has 0 radical (unpaired) electrons. The molecule has 0 unspecified atom stereocenters. The van der Waals surface area contributed by atoms with E-state index in [1.165, 1.54) is 0 Å². The van der Waals surface area contributed by atoms with Crippen LogP contribution in [0.25, 0.3) is 11.3 Å². The molecule has 1 fully saturated rings. The predicted octanol–water partition coefficient (Wildman–Crippen LogP) is 1.01. The molecular weight excluding hydrogens is 334 g/mol. The van der Waals surface area contributed by atoms with Crippen molar-refractivity contribution in [2.24, 2.45) is 5.92 Å². The standard InChI is InChI=1S/C18H21N5O3/c24-11-15-9-19-22-23(15)10-12-6-14(7-12)20-18(25)17-8-16(21-26-17)13-4-2-1-3-5-13/h1-5,8-9,12,14,19,22,24H,6-7,10-11H2,(H,20,25)/t12-,14-. The number of nitrogens with one attached hydrogen (secondary N) is 3. The lowest BCUT2D eigenvalue weighted by Crippen LogP contribution is -2.50. The van der Waals surface area contributed by atoms with Gasteiger partial charge >= 0.3 is 0 Å². The van der Waals surface area contributed by atoms with Crippen LogP contribution in [0.15, 0.2) is 52.8 Å². The molecule has 4 rings (SSSR count). The molecule has 8 nitrogen and oxygen atoms in total. The number of hydrogen-bond acceptors (Lipinski definition) is 7. The summed E-state index contributed by atoms with van der Waals surface area (Å²) in [6, 6.07) is 11.4. The van der Waals surface area contributed by atoms with Crippen LogP contribution in [-0.4, -0.2) is 40.4 Å². The first-order valence-corrected chi connectivity index (χ1v) is 8.64. The summed E-state index contributed by atoms with van der Waals surface area (Å²) >= 11 is 0. The molecule has 4 N–H and O–H groups in total. The summed E-state index contributed by atoms with van der Waals surface area (Å²) in [6.45, 7) is 0.772. The molecule has 1 aliphatic heterocycles. The summed E-state index contributed by atoms with van der Waals surface area (Å²) in [4.78, 5) is 12.3. The van der Waals surface area contributed by atoms with Crippen LogP contribution in [0, 0.1) is 5.92 Å². The van der Waals surface area contributed by atoms with Gasteiger partial charge in [0.2, 0.25) is 5.76 Å². The van der Waals surface area contributed by atoms with Crippen molar-refractivity contribution < 1.29 is 14.4 Å². The van der Waals surface area contributed by atoms with Crippen LogP contribution in [-0.2, 0) is 0 Å². The minimum Gasteiger partial charge on any atom is -0.390 e. The van der Waals surface area contributed by atoms with Crippen molar-refractivity contribution in [2.45, 2.75) is 18.9 Å². The van der Waals surface area contributed by atoms with Gasteiger partial charge in [-0.25, -0.2) is 0 Å². The van der Waals surface area contributed by atoms with Crippen molar-refractivity contribution in [1.82, 2.24) is 26.4 Å². The van der Waals surface area contributed by atoms with Crippen molar-refractivity contribution >= 4 is 5.91 Å². The van der Waals surface area contributed by atoms with E-state index in [9.17, 15) is 9.90 Å². The number of carbonyl (C=O) groups excluding carboxylic acids is 1. The summed E-state index contributed by atoms with van der Waals surface area (Å²) in [5, 5.41) is 18.1. The third kappa shape index (κ3) is 3.42. The van der Waals surface area contributed by atoms with Gasteiger partial charge in [0.15, 0.2) is 0 Å². The number of aromatic nitrogens is 1. The molecule has 0 spiro atoms. The van der Waals surface area contributed by atoms with Gasteiger partial charge < -0.3 is 20.4 Å². The summed E-state index contributed by atoms with van der Waals surface area (Å²) in [6.07, 6.45) is 3.52. The molecular formula is C18H21N5O3. The molecule has 136 valence electrons. The Morgan fingerprint density at radius 1 is 1.35 bits per heavy atom. The number of rotatable bonds is 6. The average molecular weight is 355 g/mol. The first-order valence-electron chi connectivity index (χ1n) is 8.64. The SMILES string of the molecule is O=C(N[C@H]1C[C@H](CN2NNC=C2CO)C1)c1cc(-c2ccccc2)no1. The second kappa shape index (κ2) is 7.19. The van der Waals surface area contributed by atoms with E-state index in [1.807, 2.05) is 35.3 Å². The zero-order valence-electron chi connectivity index (χ0n) is 14.2. The molecule has 0 saturated heterocycles. The Hall–Kier alpha value is -2.84. The Labute approximate surface area is 150 Å². The van der Waals surface area contributed by atoms with Crippen molar-refractivity contribution in [1.29, 1.82) is 0 Å². The highest BCUT2D eigenvalue weighted by Gasteiger charge is 2.33.